The minimum atomic E-state index is -0.513. The lowest BCUT2D eigenvalue weighted by atomic mass is 10.0. The number of hydrogen-bond donors (Lipinski definition) is 1. The third kappa shape index (κ3) is 5.83. The van der Waals surface area contributed by atoms with E-state index in [1.54, 1.807) is 11.0 Å². The van der Waals surface area contributed by atoms with Crippen LogP contribution in [0.25, 0.3) is 0 Å². The van der Waals surface area contributed by atoms with Gasteiger partial charge < -0.3 is 10.2 Å². The van der Waals surface area contributed by atoms with Gasteiger partial charge in [0.05, 0.1) is 6.42 Å². The van der Waals surface area contributed by atoms with Gasteiger partial charge in [-0.2, -0.15) is 0 Å². The van der Waals surface area contributed by atoms with Crippen LogP contribution in [0, 0.1) is 6.92 Å². The summed E-state index contributed by atoms with van der Waals surface area (Å²) in [5.74, 6) is -0.208. The Balaban J connectivity index is 2.31. The molecule has 1 N–H and O–H groups in total. The summed E-state index contributed by atoms with van der Waals surface area (Å²) < 4.78 is 0. The second kappa shape index (κ2) is 10.9. The molecule has 2 aromatic carbocycles. The lowest BCUT2D eigenvalue weighted by Gasteiger charge is -2.31. The molecule has 28 heavy (non-hydrogen) atoms. The molecule has 5 heteroatoms. The van der Waals surface area contributed by atoms with Gasteiger partial charge in [0.25, 0.3) is 0 Å². The Kier molecular flexibility index (Phi) is 8.52. The number of carbonyl (C=O) groups is 2. The van der Waals surface area contributed by atoms with Crippen molar-refractivity contribution in [2.75, 3.05) is 6.54 Å². The zero-order valence-electron chi connectivity index (χ0n) is 16.9. The van der Waals surface area contributed by atoms with Crippen LogP contribution in [0.2, 0.25) is 5.02 Å². The first-order valence-electron chi connectivity index (χ1n) is 9.83. The van der Waals surface area contributed by atoms with Crippen LogP contribution >= 0.6 is 11.6 Å². The Morgan fingerprint density at radius 1 is 1.04 bits per heavy atom. The van der Waals surface area contributed by atoms with Crippen LogP contribution < -0.4 is 5.32 Å². The van der Waals surface area contributed by atoms with Crippen LogP contribution in [0.4, 0.5) is 0 Å². The van der Waals surface area contributed by atoms with Crippen molar-refractivity contribution in [2.24, 2.45) is 0 Å². The van der Waals surface area contributed by atoms with Gasteiger partial charge >= 0.3 is 0 Å². The van der Waals surface area contributed by atoms with Crippen LogP contribution in [-0.2, 0) is 22.6 Å². The summed E-state index contributed by atoms with van der Waals surface area (Å²) in [6, 6.07) is 14.8. The number of benzene rings is 2. The lowest BCUT2D eigenvalue weighted by molar-refractivity contribution is -0.140. The molecule has 0 unspecified atom stereocenters. The van der Waals surface area contributed by atoms with E-state index in [0.29, 0.717) is 24.5 Å². The van der Waals surface area contributed by atoms with Gasteiger partial charge in [0.15, 0.2) is 0 Å². The van der Waals surface area contributed by atoms with E-state index < -0.39 is 6.04 Å². The number of nitrogens with zero attached hydrogens (tertiary/aromatic N) is 1. The molecular weight excluding hydrogens is 372 g/mol. The molecule has 0 radical (unpaired) electrons. The van der Waals surface area contributed by atoms with Gasteiger partial charge in [0, 0.05) is 18.1 Å². The van der Waals surface area contributed by atoms with E-state index in [1.807, 2.05) is 63.2 Å². The zero-order chi connectivity index (χ0) is 20.5. The number of hydrogen-bond acceptors (Lipinski definition) is 2. The van der Waals surface area contributed by atoms with Gasteiger partial charge in [0.1, 0.15) is 6.04 Å². The maximum Gasteiger partial charge on any atom is 0.242 e. The predicted molar refractivity (Wildman–Crippen MR) is 114 cm³/mol. The molecule has 0 aliphatic carbocycles. The molecule has 1 atom stereocenters. The van der Waals surface area contributed by atoms with E-state index in [-0.39, 0.29) is 18.2 Å². The van der Waals surface area contributed by atoms with Gasteiger partial charge in [-0.15, -0.1) is 0 Å². The summed E-state index contributed by atoms with van der Waals surface area (Å²) in [5.41, 5.74) is 2.91. The van der Waals surface area contributed by atoms with Crippen LogP contribution in [0.15, 0.2) is 48.5 Å². The Morgan fingerprint density at radius 2 is 1.68 bits per heavy atom. The van der Waals surface area contributed by atoms with Gasteiger partial charge in [-0.25, -0.2) is 0 Å². The van der Waals surface area contributed by atoms with E-state index in [4.69, 9.17) is 11.6 Å². The third-order valence-corrected chi connectivity index (χ3v) is 5.21. The summed E-state index contributed by atoms with van der Waals surface area (Å²) in [4.78, 5) is 27.7. The van der Waals surface area contributed by atoms with E-state index in [0.717, 1.165) is 23.1 Å². The first-order chi connectivity index (χ1) is 13.5. The third-order valence-electron chi connectivity index (χ3n) is 4.84. The van der Waals surface area contributed by atoms with E-state index in [9.17, 15) is 9.59 Å². The number of aryl methyl sites for hydroxylation is 1. The molecular formula is C23H29ClN2O2. The fourth-order valence-corrected chi connectivity index (χ4v) is 3.37. The molecule has 0 saturated heterocycles. The first-order valence-corrected chi connectivity index (χ1v) is 10.2. The predicted octanol–water partition coefficient (Wildman–Crippen LogP) is 4.52. The Labute approximate surface area is 172 Å². The summed E-state index contributed by atoms with van der Waals surface area (Å²) in [7, 11) is 0. The largest absolute Gasteiger partial charge is 0.354 e. The molecule has 0 heterocycles. The number of rotatable bonds is 9. The van der Waals surface area contributed by atoms with Crippen LogP contribution in [0.1, 0.15) is 43.4 Å². The van der Waals surface area contributed by atoms with Crippen molar-refractivity contribution in [2.45, 2.75) is 52.6 Å². The first kappa shape index (κ1) is 22.0. The smallest absolute Gasteiger partial charge is 0.242 e. The fourth-order valence-electron chi connectivity index (χ4n) is 3.16. The van der Waals surface area contributed by atoms with E-state index in [1.165, 1.54) is 0 Å². The van der Waals surface area contributed by atoms with Crippen molar-refractivity contribution in [3.63, 3.8) is 0 Å². The van der Waals surface area contributed by atoms with Gasteiger partial charge in [-0.1, -0.05) is 67.9 Å². The minimum absolute atomic E-state index is 0.102. The van der Waals surface area contributed by atoms with Crippen LogP contribution in [0.5, 0.6) is 0 Å². The molecule has 0 spiro atoms. The van der Waals surface area contributed by atoms with Crippen molar-refractivity contribution in [1.29, 1.82) is 0 Å². The molecule has 0 aromatic heterocycles. The van der Waals surface area contributed by atoms with Gasteiger partial charge in [0.2, 0.25) is 11.8 Å². The van der Waals surface area contributed by atoms with Crippen LogP contribution in [-0.4, -0.2) is 29.3 Å². The van der Waals surface area contributed by atoms with E-state index in [2.05, 4.69) is 5.32 Å². The quantitative estimate of drug-likeness (QED) is 0.672. The molecule has 0 aliphatic rings. The van der Waals surface area contributed by atoms with Gasteiger partial charge in [-0.05, 0) is 42.5 Å². The summed E-state index contributed by atoms with van der Waals surface area (Å²) in [5, 5.41) is 3.50. The highest BCUT2D eigenvalue weighted by Gasteiger charge is 2.29. The number of halogens is 1. The average molecular weight is 401 g/mol. The maximum absolute atomic E-state index is 13.2. The monoisotopic (exact) mass is 400 g/mol. The SMILES string of the molecule is CCCNC(=O)[C@H](CC)N(Cc1ccccc1C)C(=O)Cc1ccccc1Cl. The minimum Gasteiger partial charge on any atom is -0.354 e. The van der Waals surface area contributed by atoms with Crippen molar-refractivity contribution in [3.05, 3.63) is 70.2 Å². The summed E-state index contributed by atoms with van der Waals surface area (Å²) >= 11 is 6.25. The van der Waals surface area contributed by atoms with Crippen molar-refractivity contribution in [3.8, 4) is 0 Å². The Bertz CT molecular complexity index is 807. The standard InChI is InChI=1S/C23H29ClN2O2/c1-4-14-25-23(28)21(5-2)26(16-19-12-7-6-10-17(19)3)22(27)15-18-11-8-9-13-20(18)24/h6-13,21H,4-5,14-16H2,1-3H3,(H,25,28)/t21-/m0/s1. The number of amides is 2. The average Bonchev–Trinajstić information content (AvgIpc) is 2.69. The lowest BCUT2D eigenvalue weighted by Crippen LogP contribution is -2.49. The second-order valence-electron chi connectivity index (χ2n) is 6.93. The highest BCUT2D eigenvalue weighted by molar-refractivity contribution is 6.31. The normalized spacial score (nSPS) is 11.7. The Morgan fingerprint density at radius 3 is 2.29 bits per heavy atom. The molecule has 0 saturated carbocycles. The number of nitrogens with one attached hydrogen (secondary N) is 1. The Hall–Kier alpha value is -2.33. The molecule has 0 fully saturated rings. The zero-order valence-corrected chi connectivity index (χ0v) is 17.6. The molecule has 0 aliphatic heterocycles. The molecule has 0 bridgehead atoms. The summed E-state index contributed by atoms with van der Waals surface area (Å²) in [6.07, 6.45) is 1.58. The van der Waals surface area contributed by atoms with Crippen molar-refractivity contribution >= 4 is 23.4 Å². The van der Waals surface area contributed by atoms with E-state index >= 15 is 0 Å². The second-order valence-corrected chi connectivity index (χ2v) is 7.34. The van der Waals surface area contributed by atoms with Crippen molar-refractivity contribution < 1.29 is 9.59 Å². The maximum atomic E-state index is 13.2. The van der Waals surface area contributed by atoms with Crippen molar-refractivity contribution in [1.82, 2.24) is 10.2 Å². The summed E-state index contributed by atoms with van der Waals surface area (Å²) in [6.45, 7) is 6.96. The number of carbonyl (C=O) groups excluding carboxylic acids is 2. The highest BCUT2D eigenvalue weighted by atomic mass is 35.5. The molecule has 2 rings (SSSR count). The molecule has 2 aromatic rings. The van der Waals surface area contributed by atoms with Crippen LogP contribution in [0.3, 0.4) is 0 Å². The highest BCUT2D eigenvalue weighted by Crippen LogP contribution is 2.20. The molecule has 4 nitrogen and oxygen atoms in total. The molecule has 2 amide bonds. The topological polar surface area (TPSA) is 49.4 Å². The fraction of sp³-hybridized carbons (Fsp3) is 0.391. The molecule has 150 valence electrons. The van der Waals surface area contributed by atoms with Gasteiger partial charge in [-0.3, -0.25) is 9.59 Å².